The number of nitrogens with one attached hydrogen (secondary N) is 1. The van der Waals surface area contributed by atoms with Crippen LogP contribution >= 0.6 is 25.3 Å². The quantitative estimate of drug-likeness (QED) is 0.150. The summed E-state index contributed by atoms with van der Waals surface area (Å²) in [6, 6.07) is 0. The number of nitrogens with zero attached hydrogens (tertiary/aromatic N) is 2. The van der Waals surface area contributed by atoms with Gasteiger partial charge in [-0.2, -0.15) is 10.5 Å². The molecule has 5 nitrogen and oxygen atoms in total. The van der Waals surface area contributed by atoms with Gasteiger partial charge in [0.15, 0.2) is 5.96 Å². The zero-order valence-corrected chi connectivity index (χ0v) is 6.73. The lowest BCUT2D eigenvalue weighted by Gasteiger charge is -1.69. The van der Waals surface area contributed by atoms with E-state index in [0.29, 0.717) is 0 Å². The molecule has 56 valence electrons. The van der Waals surface area contributed by atoms with E-state index < -0.39 is 0 Å². The van der Waals surface area contributed by atoms with Gasteiger partial charge in [0.1, 0.15) is 10.8 Å². The van der Waals surface area contributed by atoms with Gasteiger partial charge >= 0.3 is 0 Å². The molecule has 0 aromatic rings. The average molecular weight is 177 g/mol. The predicted molar refractivity (Wildman–Crippen MR) is 45.3 cm³/mol. The van der Waals surface area contributed by atoms with Gasteiger partial charge in [-0.25, -0.2) is 0 Å². The molecule has 0 rings (SSSR count). The monoisotopic (exact) mass is 177 g/mol. The molecule has 7 heteroatoms. The summed E-state index contributed by atoms with van der Waals surface area (Å²) in [6.07, 6.45) is 0. The topological polar surface area (TPSA) is 123 Å². The summed E-state index contributed by atoms with van der Waals surface area (Å²) < 4.78 is 0. The highest BCUT2D eigenvalue weighted by Gasteiger charge is 1.52. The smallest absolute Gasteiger partial charge is 0.183 e. The molecule has 0 aromatic carbocycles. The van der Waals surface area contributed by atoms with Gasteiger partial charge in [0.2, 0.25) is 0 Å². The average Bonchev–Trinajstić information content (AvgIpc) is 1.65. The van der Waals surface area contributed by atoms with E-state index in [-0.39, 0.29) is 5.96 Å². The van der Waals surface area contributed by atoms with Crippen LogP contribution in [0.4, 0.5) is 0 Å². The Balaban J connectivity index is -0.0000000750. The molecule has 0 bridgehead atoms. The molecule has 5 N–H and O–H groups in total. The van der Waals surface area contributed by atoms with Crippen molar-refractivity contribution < 1.29 is 0 Å². The van der Waals surface area contributed by atoms with Crippen molar-refractivity contribution in [2.45, 2.75) is 0 Å². The summed E-state index contributed by atoms with van der Waals surface area (Å²) in [7, 11) is 0. The zero-order valence-electron chi connectivity index (χ0n) is 4.94. The van der Waals surface area contributed by atoms with Crippen LogP contribution in [0.5, 0.6) is 0 Å². The fourth-order valence-electron chi connectivity index (χ4n) is 0. The van der Waals surface area contributed by atoms with Gasteiger partial charge in [-0.1, -0.05) is 25.3 Å². The molecular weight excluding hydrogens is 170 g/mol. The first-order valence-corrected chi connectivity index (χ1v) is 2.62. The first-order chi connectivity index (χ1) is 4.56. The van der Waals surface area contributed by atoms with E-state index in [1.807, 2.05) is 0 Å². The number of nitriles is 2. The van der Waals surface area contributed by atoms with E-state index in [1.54, 1.807) is 0 Å². The summed E-state index contributed by atoms with van der Waals surface area (Å²) in [6.45, 7) is 0. The molecule has 0 spiro atoms. The lowest BCUT2D eigenvalue weighted by molar-refractivity contribution is 1.39. The Morgan fingerprint density at radius 1 is 1.20 bits per heavy atom. The molecule has 0 radical (unpaired) electrons. The van der Waals surface area contributed by atoms with E-state index in [1.165, 1.54) is 10.8 Å². The van der Waals surface area contributed by atoms with Crippen LogP contribution in [0.25, 0.3) is 0 Å². The number of hydrogen-bond donors (Lipinski definition) is 5. The lowest BCUT2D eigenvalue weighted by Crippen LogP contribution is -2.20. The Morgan fingerprint density at radius 3 is 1.20 bits per heavy atom. The largest absolute Gasteiger partial charge is 0.370 e. The number of nitrogens with two attached hydrogens (primary N) is 2. The second-order valence-electron chi connectivity index (χ2n) is 0.655. The molecule has 0 aliphatic heterocycles. The zero-order chi connectivity index (χ0) is 8.99. The van der Waals surface area contributed by atoms with Gasteiger partial charge in [0.05, 0.1) is 0 Å². The highest BCUT2D eigenvalue weighted by Crippen LogP contribution is 1.46. The third-order valence-electron chi connectivity index (χ3n) is 0. The van der Waals surface area contributed by atoms with Crippen molar-refractivity contribution in [3.63, 3.8) is 0 Å². The number of guanidine groups is 1. The predicted octanol–water partition coefficient (Wildman–Crippen LogP) is -0.367. The number of rotatable bonds is 0. The molecule has 10 heavy (non-hydrogen) atoms. The highest BCUT2D eigenvalue weighted by molar-refractivity contribution is 7.85. The van der Waals surface area contributed by atoms with Gasteiger partial charge in [-0.3, -0.25) is 5.41 Å². The lowest BCUT2D eigenvalue weighted by atomic mass is 11.1. The van der Waals surface area contributed by atoms with E-state index in [4.69, 9.17) is 15.9 Å². The van der Waals surface area contributed by atoms with Crippen molar-refractivity contribution in [3.05, 3.63) is 0 Å². The molecule has 0 saturated heterocycles. The Bertz CT molecular complexity index is 126. The Hall–Kier alpha value is -1.05. The molecule has 0 heterocycles. The molecule has 0 unspecified atom stereocenters. The molecule has 0 aliphatic carbocycles. The van der Waals surface area contributed by atoms with E-state index in [0.717, 1.165) is 0 Å². The second-order valence-corrected chi connectivity index (χ2v) is 1.06. The van der Waals surface area contributed by atoms with Crippen molar-refractivity contribution in [1.29, 1.82) is 15.9 Å². The van der Waals surface area contributed by atoms with Crippen LogP contribution in [-0.4, -0.2) is 5.96 Å². The van der Waals surface area contributed by atoms with Crippen molar-refractivity contribution in [1.82, 2.24) is 0 Å². The van der Waals surface area contributed by atoms with Gasteiger partial charge in [0.25, 0.3) is 0 Å². The van der Waals surface area contributed by atoms with Crippen molar-refractivity contribution in [3.8, 4) is 10.8 Å². The Morgan fingerprint density at radius 2 is 1.20 bits per heavy atom. The first kappa shape index (κ1) is 16.0. The van der Waals surface area contributed by atoms with Crippen LogP contribution in [0.3, 0.4) is 0 Å². The van der Waals surface area contributed by atoms with Gasteiger partial charge in [-0.15, -0.1) is 0 Å². The van der Waals surface area contributed by atoms with Crippen molar-refractivity contribution >= 4 is 31.2 Å². The molecule has 0 aliphatic rings. The molecule has 0 atom stereocenters. The third kappa shape index (κ3) is 223. The van der Waals surface area contributed by atoms with Gasteiger partial charge in [-0.05, 0) is 0 Å². The number of hydrogen-bond acceptors (Lipinski definition) is 5. The van der Waals surface area contributed by atoms with Crippen molar-refractivity contribution in [2.75, 3.05) is 0 Å². The maximum Gasteiger partial charge on any atom is 0.183 e. The summed E-state index contributed by atoms with van der Waals surface area (Å²) in [4.78, 5) is 0. The summed E-state index contributed by atoms with van der Waals surface area (Å²) in [5, 5.41) is 23.3. The SMILES string of the molecule is N#CS.N#CS.N=C(N)N. The standard InChI is InChI=1S/CH5N3.2CHNS/c2-1(3)4;2*2-1-3/h(H5,2,3,4);2*3H. The first-order valence-electron chi connectivity index (χ1n) is 1.72. The van der Waals surface area contributed by atoms with Gasteiger partial charge < -0.3 is 11.5 Å². The number of thiocyanates is 2. The summed E-state index contributed by atoms with van der Waals surface area (Å²) >= 11 is 6.19. The van der Waals surface area contributed by atoms with E-state index in [9.17, 15) is 0 Å². The highest BCUT2D eigenvalue weighted by atomic mass is 32.1. The molecule has 0 saturated carbocycles. The Kier molecular flexibility index (Phi) is 39.3. The normalized spacial score (nSPS) is 4.00. The van der Waals surface area contributed by atoms with Crippen LogP contribution < -0.4 is 11.5 Å². The van der Waals surface area contributed by atoms with E-state index in [2.05, 4.69) is 36.7 Å². The minimum atomic E-state index is -0.333. The summed E-state index contributed by atoms with van der Waals surface area (Å²) in [5.41, 5.74) is 8.94. The van der Waals surface area contributed by atoms with Crippen molar-refractivity contribution in [2.24, 2.45) is 11.5 Å². The van der Waals surface area contributed by atoms with Crippen LogP contribution in [-0.2, 0) is 0 Å². The van der Waals surface area contributed by atoms with Crippen LogP contribution in [0.15, 0.2) is 0 Å². The fraction of sp³-hybridized carbons (Fsp3) is 0. The van der Waals surface area contributed by atoms with Crippen LogP contribution in [0.2, 0.25) is 0 Å². The van der Waals surface area contributed by atoms with Crippen LogP contribution in [0.1, 0.15) is 0 Å². The second kappa shape index (κ2) is 24.6. The maximum atomic E-state index is 7.18. The minimum absolute atomic E-state index is 0.333. The third-order valence-corrected chi connectivity index (χ3v) is 0. The molecule has 0 aromatic heterocycles. The Labute approximate surface area is 69.9 Å². The molecule has 0 amide bonds. The summed E-state index contributed by atoms with van der Waals surface area (Å²) in [5.74, 6) is -0.333. The molecular formula is C3H7N5S2. The van der Waals surface area contributed by atoms with Crippen LogP contribution in [0, 0.1) is 26.7 Å². The van der Waals surface area contributed by atoms with Gasteiger partial charge in [0, 0.05) is 0 Å². The fourth-order valence-corrected chi connectivity index (χ4v) is 0. The molecule has 0 fully saturated rings. The number of thiol groups is 2. The minimum Gasteiger partial charge on any atom is -0.370 e. The van der Waals surface area contributed by atoms with E-state index >= 15 is 0 Å². The maximum absolute atomic E-state index is 7.18.